The molecular formula is C21H27IN4O2S. The lowest BCUT2D eigenvalue weighted by molar-refractivity contribution is 0.0378. The molecule has 0 fully saturated rings. The zero-order valence-electron chi connectivity index (χ0n) is 16.8. The number of nitrogens with one attached hydrogen (secondary N) is 2. The van der Waals surface area contributed by atoms with Gasteiger partial charge in [-0.3, -0.25) is 0 Å². The van der Waals surface area contributed by atoms with E-state index in [4.69, 9.17) is 4.42 Å². The number of thiazole rings is 1. The van der Waals surface area contributed by atoms with Crippen molar-refractivity contribution < 1.29 is 9.52 Å². The Morgan fingerprint density at radius 1 is 1.21 bits per heavy atom. The van der Waals surface area contributed by atoms with Crippen LogP contribution >= 0.6 is 35.3 Å². The first-order valence-electron chi connectivity index (χ1n) is 9.29. The van der Waals surface area contributed by atoms with Gasteiger partial charge in [0.2, 0.25) is 0 Å². The van der Waals surface area contributed by atoms with E-state index in [0.717, 1.165) is 28.6 Å². The highest BCUT2D eigenvalue weighted by Gasteiger charge is 2.27. The van der Waals surface area contributed by atoms with Crippen LogP contribution in [0.4, 0.5) is 0 Å². The molecule has 3 N–H and O–H groups in total. The van der Waals surface area contributed by atoms with Crippen molar-refractivity contribution in [2.45, 2.75) is 32.9 Å². The summed E-state index contributed by atoms with van der Waals surface area (Å²) in [7, 11) is 0. The minimum Gasteiger partial charge on any atom is -0.463 e. The summed E-state index contributed by atoms with van der Waals surface area (Å²) < 4.78 is 5.56. The molecule has 1 aromatic carbocycles. The van der Waals surface area contributed by atoms with E-state index in [9.17, 15) is 5.11 Å². The van der Waals surface area contributed by atoms with Gasteiger partial charge in [0.05, 0.1) is 18.8 Å². The molecule has 0 aliphatic rings. The summed E-state index contributed by atoms with van der Waals surface area (Å²) >= 11 is 1.59. The lowest BCUT2D eigenvalue weighted by atomic mass is 10.0. The number of furan rings is 1. The van der Waals surface area contributed by atoms with E-state index in [0.29, 0.717) is 18.3 Å². The van der Waals surface area contributed by atoms with Gasteiger partial charge in [-0.1, -0.05) is 30.3 Å². The van der Waals surface area contributed by atoms with Gasteiger partial charge < -0.3 is 20.2 Å². The number of hydrogen-bond donors (Lipinski definition) is 3. The van der Waals surface area contributed by atoms with Crippen LogP contribution in [0.15, 0.2) is 57.3 Å². The van der Waals surface area contributed by atoms with E-state index in [1.165, 1.54) is 0 Å². The van der Waals surface area contributed by atoms with E-state index in [-0.39, 0.29) is 30.5 Å². The highest BCUT2D eigenvalue weighted by molar-refractivity contribution is 14.0. The van der Waals surface area contributed by atoms with Crippen LogP contribution in [-0.2, 0) is 12.1 Å². The van der Waals surface area contributed by atoms with Crippen LogP contribution in [0.5, 0.6) is 0 Å². The van der Waals surface area contributed by atoms with Gasteiger partial charge in [0.25, 0.3) is 0 Å². The number of aliphatic imine (C=N–C) groups is 1. The molecule has 2 aromatic heterocycles. The van der Waals surface area contributed by atoms with Gasteiger partial charge in [-0.05, 0) is 32.9 Å². The number of guanidine groups is 1. The predicted molar refractivity (Wildman–Crippen MR) is 129 cm³/mol. The Kier molecular flexibility index (Phi) is 8.66. The second-order valence-corrected chi connectivity index (χ2v) is 7.67. The highest BCUT2D eigenvalue weighted by atomic mass is 127. The quantitative estimate of drug-likeness (QED) is 0.243. The van der Waals surface area contributed by atoms with Crippen LogP contribution < -0.4 is 10.6 Å². The molecule has 0 saturated heterocycles. The van der Waals surface area contributed by atoms with Gasteiger partial charge in [0.1, 0.15) is 22.1 Å². The van der Waals surface area contributed by atoms with Crippen molar-refractivity contribution in [3.63, 3.8) is 0 Å². The summed E-state index contributed by atoms with van der Waals surface area (Å²) in [5.74, 6) is 1.93. The first-order chi connectivity index (χ1) is 13.5. The smallest absolute Gasteiger partial charge is 0.191 e. The average Bonchev–Trinajstić information content (AvgIpc) is 3.34. The minimum atomic E-state index is -1.13. The molecule has 0 saturated carbocycles. The third kappa shape index (κ3) is 6.55. The van der Waals surface area contributed by atoms with Gasteiger partial charge in [0.15, 0.2) is 5.96 Å². The largest absolute Gasteiger partial charge is 0.463 e. The van der Waals surface area contributed by atoms with Crippen molar-refractivity contribution >= 4 is 41.3 Å². The Labute approximate surface area is 192 Å². The van der Waals surface area contributed by atoms with Crippen LogP contribution in [-0.4, -0.2) is 29.1 Å². The lowest BCUT2D eigenvalue weighted by Crippen LogP contribution is -2.44. The zero-order chi connectivity index (χ0) is 20.0. The van der Waals surface area contributed by atoms with Crippen molar-refractivity contribution in [1.29, 1.82) is 0 Å². The van der Waals surface area contributed by atoms with Crippen LogP contribution in [0.1, 0.15) is 30.4 Å². The lowest BCUT2D eigenvalue weighted by Gasteiger charge is -2.22. The molecule has 0 radical (unpaired) electrons. The SMILES string of the molecule is CCNC(=NCc1nc(-c2ccccc2)cs1)NCC(C)(O)c1ccc(C)o1.I. The maximum Gasteiger partial charge on any atom is 0.191 e. The average molecular weight is 526 g/mol. The number of rotatable bonds is 7. The summed E-state index contributed by atoms with van der Waals surface area (Å²) in [6.07, 6.45) is 0. The fourth-order valence-electron chi connectivity index (χ4n) is 2.68. The molecule has 0 aliphatic carbocycles. The molecular weight excluding hydrogens is 499 g/mol. The summed E-state index contributed by atoms with van der Waals surface area (Å²) in [6.45, 7) is 7.04. The Bertz CT molecular complexity index is 922. The normalized spacial score (nSPS) is 13.4. The van der Waals surface area contributed by atoms with Crippen molar-refractivity contribution in [3.8, 4) is 11.3 Å². The second-order valence-electron chi connectivity index (χ2n) is 6.73. The number of aryl methyl sites for hydroxylation is 1. The molecule has 0 bridgehead atoms. The number of halogens is 1. The van der Waals surface area contributed by atoms with Gasteiger partial charge >= 0.3 is 0 Å². The summed E-state index contributed by atoms with van der Waals surface area (Å²) in [5, 5.41) is 20.0. The van der Waals surface area contributed by atoms with E-state index in [1.807, 2.05) is 55.6 Å². The maximum absolute atomic E-state index is 10.7. The molecule has 0 amide bonds. The number of hydrogen-bond acceptors (Lipinski definition) is 5. The van der Waals surface area contributed by atoms with Crippen LogP contribution in [0, 0.1) is 6.92 Å². The first-order valence-corrected chi connectivity index (χ1v) is 10.2. The Morgan fingerprint density at radius 2 is 1.97 bits per heavy atom. The molecule has 29 heavy (non-hydrogen) atoms. The number of aromatic nitrogens is 1. The summed E-state index contributed by atoms with van der Waals surface area (Å²) in [5.41, 5.74) is 0.931. The fraction of sp³-hybridized carbons (Fsp3) is 0.333. The predicted octanol–water partition coefficient (Wildman–Crippen LogP) is 4.29. The molecule has 156 valence electrons. The van der Waals surface area contributed by atoms with E-state index >= 15 is 0 Å². The third-order valence-electron chi connectivity index (χ3n) is 4.21. The molecule has 8 heteroatoms. The summed E-state index contributed by atoms with van der Waals surface area (Å²) in [6, 6.07) is 13.7. The maximum atomic E-state index is 10.7. The topological polar surface area (TPSA) is 82.7 Å². The van der Waals surface area contributed by atoms with Crippen LogP contribution in [0.25, 0.3) is 11.3 Å². The van der Waals surface area contributed by atoms with Crippen molar-refractivity contribution in [1.82, 2.24) is 15.6 Å². The van der Waals surface area contributed by atoms with Crippen molar-refractivity contribution in [2.24, 2.45) is 4.99 Å². The zero-order valence-corrected chi connectivity index (χ0v) is 20.0. The highest BCUT2D eigenvalue weighted by Crippen LogP contribution is 2.23. The van der Waals surface area contributed by atoms with E-state index in [1.54, 1.807) is 24.3 Å². The van der Waals surface area contributed by atoms with Crippen molar-refractivity contribution in [3.05, 3.63) is 64.4 Å². The van der Waals surface area contributed by atoms with Gasteiger partial charge in [-0.25, -0.2) is 9.98 Å². The standard InChI is InChI=1S/C21H26N4O2S.HI/c1-4-22-20(24-14-21(3,26)18-11-10-15(2)27-18)23-12-19-25-17(13-28-19)16-8-6-5-7-9-16;/h5-11,13,26H,4,12,14H2,1-3H3,(H2,22,23,24);1H. The molecule has 6 nitrogen and oxygen atoms in total. The minimum absolute atomic E-state index is 0. The molecule has 0 spiro atoms. The number of aliphatic hydroxyl groups is 1. The first kappa shape index (κ1) is 23.4. The summed E-state index contributed by atoms with van der Waals surface area (Å²) in [4.78, 5) is 9.26. The van der Waals surface area contributed by atoms with Crippen LogP contribution in [0.3, 0.4) is 0 Å². The van der Waals surface area contributed by atoms with Crippen molar-refractivity contribution in [2.75, 3.05) is 13.1 Å². The molecule has 0 aliphatic heterocycles. The van der Waals surface area contributed by atoms with E-state index < -0.39 is 5.60 Å². The Hall–Kier alpha value is -1.91. The molecule has 3 aromatic rings. The van der Waals surface area contributed by atoms with Crippen LogP contribution in [0.2, 0.25) is 0 Å². The Morgan fingerprint density at radius 3 is 2.62 bits per heavy atom. The Balaban J connectivity index is 0.00000300. The van der Waals surface area contributed by atoms with Gasteiger partial charge in [-0.2, -0.15) is 0 Å². The van der Waals surface area contributed by atoms with E-state index in [2.05, 4.69) is 20.6 Å². The number of nitrogens with zero attached hydrogens (tertiary/aromatic N) is 2. The molecule has 2 heterocycles. The van der Waals surface area contributed by atoms with Gasteiger partial charge in [-0.15, -0.1) is 35.3 Å². The third-order valence-corrected chi connectivity index (χ3v) is 5.04. The molecule has 1 unspecified atom stereocenters. The fourth-order valence-corrected chi connectivity index (χ4v) is 3.41. The molecule has 1 atom stereocenters. The second kappa shape index (κ2) is 10.7. The van der Waals surface area contributed by atoms with Gasteiger partial charge in [0, 0.05) is 17.5 Å². The monoisotopic (exact) mass is 526 g/mol. The molecule has 3 rings (SSSR count). The number of benzene rings is 1.